The van der Waals surface area contributed by atoms with Crippen LogP contribution in [0.2, 0.25) is 0 Å². The molecular weight excluding hydrogens is 912 g/mol. The van der Waals surface area contributed by atoms with Crippen molar-refractivity contribution in [3.8, 4) is 0 Å². The van der Waals surface area contributed by atoms with Gasteiger partial charge in [0.1, 0.15) is 13.2 Å². The molecule has 9 heteroatoms. The first kappa shape index (κ1) is 70.7. The molecule has 0 aliphatic carbocycles. The van der Waals surface area contributed by atoms with Crippen molar-refractivity contribution in [1.82, 2.24) is 5.32 Å². The third-order valence-electron chi connectivity index (χ3n) is 14.3. The number of rotatable bonds is 58. The first-order valence-electron chi connectivity index (χ1n) is 31.4. The van der Waals surface area contributed by atoms with E-state index in [4.69, 9.17) is 9.05 Å². The van der Waals surface area contributed by atoms with Gasteiger partial charge in [-0.25, -0.2) is 0 Å². The fourth-order valence-corrected chi connectivity index (χ4v) is 10.1. The molecule has 0 aliphatic rings. The van der Waals surface area contributed by atoms with E-state index in [1.807, 2.05) is 27.2 Å². The van der Waals surface area contributed by atoms with Gasteiger partial charge in [0.05, 0.1) is 39.9 Å². The Kier molecular flexibility index (Phi) is 53.5. The monoisotopic (exact) mass is 1030 g/mol. The van der Waals surface area contributed by atoms with E-state index < -0.39 is 26.6 Å². The van der Waals surface area contributed by atoms with Crippen molar-refractivity contribution in [1.29, 1.82) is 0 Å². The van der Waals surface area contributed by atoms with E-state index in [-0.39, 0.29) is 12.5 Å². The molecule has 3 unspecified atom stereocenters. The van der Waals surface area contributed by atoms with Gasteiger partial charge in [-0.2, -0.15) is 0 Å². The zero-order valence-electron chi connectivity index (χ0n) is 48.6. The van der Waals surface area contributed by atoms with Gasteiger partial charge in [0.25, 0.3) is 7.82 Å². The summed E-state index contributed by atoms with van der Waals surface area (Å²) in [7, 11) is 1.25. The molecule has 3 atom stereocenters. The minimum Gasteiger partial charge on any atom is -0.756 e. The van der Waals surface area contributed by atoms with Gasteiger partial charge < -0.3 is 28.8 Å². The Balaban J connectivity index is 4.18. The highest BCUT2D eigenvalue weighted by atomic mass is 31.2. The van der Waals surface area contributed by atoms with Crippen LogP contribution in [0.25, 0.3) is 0 Å². The highest BCUT2D eigenvalue weighted by molar-refractivity contribution is 7.45. The summed E-state index contributed by atoms with van der Waals surface area (Å²) < 4.78 is 23.4. The number of quaternary nitrogens is 1. The predicted molar refractivity (Wildman–Crippen MR) is 311 cm³/mol. The van der Waals surface area contributed by atoms with Gasteiger partial charge >= 0.3 is 0 Å². The maximum Gasteiger partial charge on any atom is 0.268 e. The average molecular weight is 1040 g/mol. The van der Waals surface area contributed by atoms with E-state index in [0.717, 1.165) is 38.5 Å². The molecule has 0 fully saturated rings. The van der Waals surface area contributed by atoms with Crippen LogP contribution in [-0.2, 0) is 18.4 Å². The number of unbranched alkanes of at least 4 members (excludes halogenated alkanes) is 41. The maximum atomic E-state index is 13.0. The second-order valence-corrected chi connectivity index (χ2v) is 24.2. The SMILES string of the molecule is CCCCCCCCCC/C=C\CCCCCCCCCCCCCCCC(=O)NC(COP(=O)([O-])OCC[N+](C)(C)C)C(O)/C=C/CC/C=C/CCCCCCCCCCCCCCCCCCCCC. The number of nitrogens with zero attached hydrogens (tertiary/aromatic N) is 1. The Morgan fingerprint density at radius 3 is 1.12 bits per heavy atom. The van der Waals surface area contributed by atoms with E-state index >= 15 is 0 Å². The highest BCUT2D eigenvalue weighted by Gasteiger charge is 2.23. The number of nitrogens with one attached hydrogen (secondary N) is 1. The minimum atomic E-state index is -4.61. The first-order chi connectivity index (χ1) is 35.0. The largest absolute Gasteiger partial charge is 0.756 e. The van der Waals surface area contributed by atoms with Gasteiger partial charge in [0, 0.05) is 6.42 Å². The smallest absolute Gasteiger partial charge is 0.268 e. The third kappa shape index (κ3) is 56.4. The summed E-state index contributed by atoms with van der Waals surface area (Å²) >= 11 is 0. The van der Waals surface area contributed by atoms with E-state index in [2.05, 4.69) is 43.5 Å². The van der Waals surface area contributed by atoms with Crippen LogP contribution >= 0.6 is 7.82 Å². The Morgan fingerprint density at radius 2 is 0.778 bits per heavy atom. The summed E-state index contributed by atoms with van der Waals surface area (Å²) in [4.78, 5) is 25.5. The summed E-state index contributed by atoms with van der Waals surface area (Å²) in [6.45, 7) is 4.67. The van der Waals surface area contributed by atoms with Crippen LogP contribution in [0.15, 0.2) is 36.5 Å². The molecule has 0 aromatic carbocycles. The third-order valence-corrected chi connectivity index (χ3v) is 15.3. The van der Waals surface area contributed by atoms with Crippen LogP contribution in [-0.4, -0.2) is 68.5 Å². The lowest BCUT2D eigenvalue weighted by atomic mass is 10.0. The van der Waals surface area contributed by atoms with Crippen molar-refractivity contribution in [2.24, 2.45) is 0 Å². The number of phosphoric acid groups is 1. The Labute approximate surface area is 448 Å². The molecular formula is C63H123N2O6P. The molecule has 0 aromatic heterocycles. The number of hydrogen-bond acceptors (Lipinski definition) is 6. The van der Waals surface area contributed by atoms with Crippen LogP contribution in [0.1, 0.15) is 309 Å². The molecule has 426 valence electrons. The zero-order chi connectivity index (χ0) is 52.7. The molecule has 0 radical (unpaired) electrons. The number of aliphatic hydroxyl groups is 1. The van der Waals surface area contributed by atoms with Crippen molar-refractivity contribution in [2.75, 3.05) is 40.9 Å². The lowest BCUT2D eigenvalue weighted by Crippen LogP contribution is -2.45. The van der Waals surface area contributed by atoms with Gasteiger partial charge in [-0.1, -0.05) is 281 Å². The first-order valence-corrected chi connectivity index (χ1v) is 32.8. The fourth-order valence-electron chi connectivity index (χ4n) is 9.40. The summed E-state index contributed by atoms with van der Waals surface area (Å²) in [6.07, 6.45) is 71.0. The highest BCUT2D eigenvalue weighted by Crippen LogP contribution is 2.38. The molecule has 0 spiro atoms. The van der Waals surface area contributed by atoms with Crippen molar-refractivity contribution in [3.05, 3.63) is 36.5 Å². The molecule has 0 saturated heterocycles. The van der Waals surface area contributed by atoms with E-state index in [1.54, 1.807) is 6.08 Å². The minimum absolute atomic E-state index is 0.00521. The van der Waals surface area contributed by atoms with Gasteiger partial charge in [0.2, 0.25) is 5.91 Å². The Hall–Kier alpha value is -1.28. The van der Waals surface area contributed by atoms with Crippen LogP contribution in [0, 0.1) is 0 Å². The number of allylic oxidation sites excluding steroid dienone is 5. The summed E-state index contributed by atoms with van der Waals surface area (Å²) in [5, 5.41) is 13.9. The number of carbonyl (C=O) groups is 1. The van der Waals surface area contributed by atoms with Crippen LogP contribution in [0.3, 0.4) is 0 Å². The predicted octanol–water partition coefficient (Wildman–Crippen LogP) is 18.7. The molecule has 1 amide bonds. The number of phosphoric ester groups is 1. The summed E-state index contributed by atoms with van der Waals surface area (Å²) in [5.74, 6) is -0.203. The zero-order valence-corrected chi connectivity index (χ0v) is 49.5. The Bertz CT molecular complexity index is 1270. The van der Waals surface area contributed by atoms with Crippen LogP contribution < -0.4 is 10.2 Å². The molecule has 0 saturated carbocycles. The molecule has 2 N–H and O–H groups in total. The number of aliphatic hydroxyl groups excluding tert-OH is 1. The summed E-state index contributed by atoms with van der Waals surface area (Å²) in [6, 6.07) is -0.903. The molecule has 0 heterocycles. The van der Waals surface area contributed by atoms with Crippen molar-refractivity contribution >= 4 is 13.7 Å². The normalized spacial score (nSPS) is 14.0. The van der Waals surface area contributed by atoms with Gasteiger partial charge in [0.15, 0.2) is 0 Å². The van der Waals surface area contributed by atoms with E-state index in [1.165, 1.54) is 250 Å². The average Bonchev–Trinajstić information content (AvgIpc) is 3.34. The van der Waals surface area contributed by atoms with Crippen molar-refractivity contribution in [2.45, 2.75) is 321 Å². The van der Waals surface area contributed by atoms with Crippen LogP contribution in [0.4, 0.5) is 0 Å². The van der Waals surface area contributed by atoms with Gasteiger partial charge in [-0.05, 0) is 57.8 Å². The quantitative estimate of drug-likeness (QED) is 0.0272. The molecule has 0 rings (SSSR count). The number of likely N-dealkylation sites (N-methyl/N-ethyl adjacent to an activating group) is 1. The molecule has 8 nitrogen and oxygen atoms in total. The van der Waals surface area contributed by atoms with E-state index in [0.29, 0.717) is 17.4 Å². The second-order valence-electron chi connectivity index (χ2n) is 22.8. The standard InChI is InChI=1S/C63H123N2O6P/c1-6-8-10-12-14-16-18-20-22-24-26-28-30-32-34-36-38-40-42-44-46-48-50-52-54-56-62(66)61(60-71-72(68,69)70-59-58-65(3,4)5)64-63(67)57-55-53-51-49-47-45-43-41-39-37-35-33-31-29-27-25-23-21-19-17-15-13-11-9-7-2/h25,27,46,48,54,56,61-62,66H,6-24,26,28-45,47,49-53,55,57-60H2,1-5H3,(H-,64,67,68,69)/b27-25-,48-46+,56-54+. The molecule has 0 aliphatic heterocycles. The molecule has 72 heavy (non-hydrogen) atoms. The lowest BCUT2D eigenvalue weighted by molar-refractivity contribution is -0.870. The van der Waals surface area contributed by atoms with Gasteiger partial charge in [-0.3, -0.25) is 9.36 Å². The maximum absolute atomic E-state index is 13.0. The molecule has 0 aromatic rings. The fraction of sp³-hybridized carbons (Fsp3) is 0.889. The second kappa shape index (κ2) is 54.5. The number of amides is 1. The summed E-state index contributed by atoms with van der Waals surface area (Å²) in [5.41, 5.74) is 0. The topological polar surface area (TPSA) is 108 Å². The Morgan fingerprint density at radius 1 is 0.472 bits per heavy atom. The van der Waals surface area contributed by atoms with Crippen LogP contribution in [0.5, 0.6) is 0 Å². The molecule has 0 bridgehead atoms. The number of hydrogen-bond donors (Lipinski definition) is 2. The van der Waals surface area contributed by atoms with Crippen molar-refractivity contribution < 1.29 is 32.9 Å². The lowest BCUT2D eigenvalue weighted by Gasteiger charge is -2.29. The van der Waals surface area contributed by atoms with Gasteiger partial charge in [-0.15, -0.1) is 0 Å². The number of carbonyl (C=O) groups excluding carboxylic acids is 1. The van der Waals surface area contributed by atoms with Crippen molar-refractivity contribution in [3.63, 3.8) is 0 Å². The van der Waals surface area contributed by atoms with E-state index in [9.17, 15) is 19.4 Å².